The highest BCUT2D eigenvalue weighted by Crippen LogP contribution is 2.32. The van der Waals surface area contributed by atoms with Gasteiger partial charge in [0.05, 0.1) is 10.2 Å². The molecule has 3 aromatic rings. The second-order valence-corrected chi connectivity index (χ2v) is 5.45. The molecule has 4 heteroatoms. The zero-order valence-electron chi connectivity index (χ0n) is 10.6. The molecule has 0 bridgehead atoms. The molecule has 1 N–H and O–H groups in total. The zero-order valence-corrected chi connectivity index (χ0v) is 11.5. The van der Waals surface area contributed by atoms with Crippen LogP contribution in [0.4, 0.5) is 5.13 Å². The van der Waals surface area contributed by atoms with Crippen LogP contribution in [0.2, 0.25) is 0 Å². The van der Waals surface area contributed by atoms with Crippen LogP contribution in [-0.4, -0.2) is 10.9 Å². The number of hydrogen-bond donors (Lipinski definition) is 1. The van der Waals surface area contributed by atoms with Gasteiger partial charge in [0.2, 0.25) is 5.91 Å². The third-order valence-electron chi connectivity index (χ3n) is 3.00. The summed E-state index contributed by atoms with van der Waals surface area (Å²) in [7, 11) is 0. The third-order valence-corrected chi connectivity index (χ3v) is 4.02. The molecule has 0 spiro atoms. The summed E-state index contributed by atoms with van der Waals surface area (Å²) in [6.45, 7) is 1.99. The Morgan fingerprint density at radius 1 is 1.26 bits per heavy atom. The molecule has 0 radical (unpaired) electrons. The Hall–Kier alpha value is -1.94. The van der Waals surface area contributed by atoms with Crippen molar-refractivity contribution in [2.45, 2.75) is 19.8 Å². The minimum atomic E-state index is 0.0332. The summed E-state index contributed by atoms with van der Waals surface area (Å²) in [6.07, 6.45) is 1.39. The molecule has 0 aliphatic heterocycles. The number of hydrogen-bond acceptors (Lipinski definition) is 3. The first-order chi connectivity index (χ1) is 9.28. The second-order valence-electron chi connectivity index (χ2n) is 4.45. The summed E-state index contributed by atoms with van der Waals surface area (Å²) in [5, 5.41) is 5.94. The maximum absolute atomic E-state index is 11.6. The van der Waals surface area contributed by atoms with Crippen molar-refractivity contribution in [2.24, 2.45) is 0 Å². The SMILES string of the molecule is CCCC(=O)Nc1nc2ccc3ccccc3c2s1. The summed E-state index contributed by atoms with van der Waals surface area (Å²) in [4.78, 5) is 16.1. The van der Waals surface area contributed by atoms with E-state index in [2.05, 4.69) is 28.5 Å². The van der Waals surface area contributed by atoms with Crippen molar-refractivity contribution in [3.05, 3.63) is 36.4 Å². The van der Waals surface area contributed by atoms with Gasteiger partial charge in [-0.15, -0.1) is 0 Å². The van der Waals surface area contributed by atoms with E-state index in [1.165, 1.54) is 22.1 Å². The van der Waals surface area contributed by atoms with E-state index in [1.54, 1.807) is 0 Å². The van der Waals surface area contributed by atoms with Crippen LogP contribution in [0.15, 0.2) is 36.4 Å². The van der Waals surface area contributed by atoms with Crippen LogP contribution in [0.3, 0.4) is 0 Å². The van der Waals surface area contributed by atoms with Gasteiger partial charge in [-0.1, -0.05) is 48.6 Å². The Morgan fingerprint density at radius 3 is 2.95 bits per heavy atom. The lowest BCUT2D eigenvalue weighted by atomic mass is 10.1. The fraction of sp³-hybridized carbons (Fsp3) is 0.200. The maximum atomic E-state index is 11.6. The highest BCUT2D eigenvalue weighted by Gasteiger charge is 2.09. The smallest absolute Gasteiger partial charge is 0.226 e. The highest BCUT2D eigenvalue weighted by atomic mass is 32.1. The molecule has 1 heterocycles. The molecule has 96 valence electrons. The highest BCUT2D eigenvalue weighted by molar-refractivity contribution is 7.23. The molecule has 3 rings (SSSR count). The first-order valence-corrected chi connectivity index (χ1v) is 7.17. The van der Waals surface area contributed by atoms with Crippen molar-refractivity contribution in [2.75, 3.05) is 5.32 Å². The quantitative estimate of drug-likeness (QED) is 0.775. The largest absolute Gasteiger partial charge is 0.302 e. The molecule has 0 aliphatic carbocycles. The molecule has 2 aromatic carbocycles. The lowest BCUT2D eigenvalue weighted by Crippen LogP contribution is -2.09. The van der Waals surface area contributed by atoms with Gasteiger partial charge in [-0.2, -0.15) is 0 Å². The van der Waals surface area contributed by atoms with E-state index in [4.69, 9.17) is 0 Å². The van der Waals surface area contributed by atoms with Gasteiger partial charge in [-0.25, -0.2) is 4.98 Å². The van der Waals surface area contributed by atoms with Crippen molar-refractivity contribution in [3.8, 4) is 0 Å². The van der Waals surface area contributed by atoms with Gasteiger partial charge in [0.1, 0.15) is 0 Å². The predicted molar refractivity (Wildman–Crippen MR) is 80.7 cm³/mol. The molecule has 0 aliphatic rings. The fourth-order valence-corrected chi connectivity index (χ4v) is 3.13. The Labute approximate surface area is 115 Å². The zero-order chi connectivity index (χ0) is 13.2. The van der Waals surface area contributed by atoms with Crippen LogP contribution >= 0.6 is 11.3 Å². The number of aromatic nitrogens is 1. The number of benzene rings is 2. The summed E-state index contributed by atoms with van der Waals surface area (Å²) < 4.78 is 1.13. The van der Waals surface area contributed by atoms with Gasteiger partial charge in [0.25, 0.3) is 0 Å². The molecule has 3 nitrogen and oxygen atoms in total. The first kappa shape index (κ1) is 12.1. The van der Waals surface area contributed by atoms with Gasteiger partial charge in [0.15, 0.2) is 5.13 Å². The molecule has 1 aromatic heterocycles. The van der Waals surface area contributed by atoms with Crippen molar-refractivity contribution >= 4 is 43.4 Å². The first-order valence-electron chi connectivity index (χ1n) is 6.36. The summed E-state index contributed by atoms with van der Waals surface area (Å²) >= 11 is 1.54. The van der Waals surface area contributed by atoms with Gasteiger partial charge in [-0.05, 0) is 17.9 Å². The van der Waals surface area contributed by atoms with Gasteiger partial charge in [-0.3, -0.25) is 4.79 Å². The molecule has 0 fully saturated rings. The number of rotatable bonds is 3. The summed E-state index contributed by atoms with van der Waals surface area (Å²) in [5.41, 5.74) is 0.940. The van der Waals surface area contributed by atoms with Gasteiger partial charge < -0.3 is 5.32 Å². The van der Waals surface area contributed by atoms with Crippen LogP contribution in [0.1, 0.15) is 19.8 Å². The Kier molecular flexibility index (Phi) is 3.17. The van der Waals surface area contributed by atoms with E-state index < -0.39 is 0 Å². The third kappa shape index (κ3) is 2.31. The second kappa shape index (κ2) is 4.97. The number of nitrogens with one attached hydrogen (secondary N) is 1. The molecular formula is C15H14N2OS. The van der Waals surface area contributed by atoms with Crippen LogP contribution in [0.5, 0.6) is 0 Å². The lowest BCUT2D eigenvalue weighted by Gasteiger charge is -1.97. The molecule has 0 atom stereocenters. The van der Waals surface area contributed by atoms with Crippen LogP contribution in [0.25, 0.3) is 21.0 Å². The van der Waals surface area contributed by atoms with Crippen molar-refractivity contribution in [3.63, 3.8) is 0 Å². The van der Waals surface area contributed by atoms with Gasteiger partial charge in [0, 0.05) is 11.8 Å². The molecule has 0 unspecified atom stereocenters. The van der Waals surface area contributed by atoms with E-state index in [9.17, 15) is 4.79 Å². The minimum absolute atomic E-state index is 0.0332. The monoisotopic (exact) mass is 270 g/mol. The number of carbonyl (C=O) groups excluding carboxylic acids is 1. The fourth-order valence-electron chi connectivity index (χ4n) is 2.12. The van der Waals surface area contributed by atoms with Gasteiger partial charge >= 0.3 is 0 Å². The van der Waals surface area contributed by atoms with E-state index in [-0.39, 0.29) is 5.91 Å². The number of nitrogens with zero attached hydrogens (tertiary/aromatic N) is 1. The number of fused-ring (bicyclic) bond motifs is 3. The lowest BCUT2D eigenvalue weighted by molar-refractivity contribution is -0.116. The summed E-state index contributed by atoms with van der Waals surface area (Å²) in [6, 6.07) is 12.3. The van der Waals surface area contributed by atoms with Crippen molar-refractivity contribution in [1.29, 1.82) is 0 Å². The summed E-state index contributed by atoms with van der Waals surface area (Å²) in [5.74, 6) is 0.0332. The standard InChI is InChI=1S/C15H14N2OS/c1-2-5-13(18)17-15-16-12-9-8-10-6-3-4-7-11(10)14(12)19-15/h3-4,6-9H,2,5H2,1H3,(H,16,17,18). The van der Waals surface area contributed by atoms with E-state index in [1.807, 2.05) is 25.1 Å². The average Bonchev–Trinajstić information content (AvgIpc) is 2.81. The molecular weight excluding hydrogens is 256 g/mol. The number of thiazole rings is 1. The van der Waals surface area contributed by atoms with E-state index in [0.29, 0.717) is 11.6 Å². The maximum Gasteiger partial charge on any atom is 0.226 e. The normalized spacial score (nSPS) is 11.0. The number of amides is 1. The Morgan fingerprint density at radius 2 is 2.11 bits per heavy atom. The number of anilines is 1. The molecule has 19 heavy (non-hydrogen) atoms. The van der Waals surface area contributed by atoms with Crippen molar-refractivity contribution < 1.29 is 4.79 Å². The number of carbonyl (C=O) groups is 1. The molecule has 0 saturated carbocycles. The van der Waals surface area contributed by atoms with E-state index in [0.717, 1.165) is 16.6 Å². The van der Waals surface area contributed by atoms with Crippen LogP contribution in [-0.2, 0) is 4.79 Å². The Balaban J connectivity index is 2.05. The predicted octanol–water partition coefficient (Wildman–Crippen LogP) is 4.19. The average molecular weight is 270 g/mol. The molecule has 0 saturated heterocycles. The van der Waals surface area contributed by atoms with Crippen LogP contribution in [0, 0.1) is 0 Å². The Bertz CT molecular complexity index is 748. The topological polar surface area (TPSA) is 42.0 Å². The molecule has 1 amide bonds. The van der Waals surface area contributed by atoms with Crippen molar-refractivity contribution in [1.82, 2.24) is 4.98 Å². The van der Waals surface area contributed by atoms with Crippen LogP contribution < -0.4 is 5.32 Å². The minimum Gasteiger partial charge on any atom is -0.302 e. The van der Waals surface area contributed by atoms with E-state index >= 15 is 0 Å².